The minimum Gasteiger partial charge on any atom is -0.469 e. The van der Waals surface area contributed by atoms with Crippen molar-refractivity contribution >= 4 is 11.6 Å². The van der Waals surface area contributed by atoms with Gasteiger partial charge in [0.25, 0.3) is 11.6 Å². The van der Waals surface area contributed by atoms with Crippen LogP contribution >= 0.6 is 0 Å². The van der Waals surface area contributed by atoms with Gasteiger partial charge in [0, 0.05) is 18.0 Å². The lowest BCUT2D eigenvalue weighted by Crippen LogP contribution is -2.33. The van der Waals surface area contributed by atoms with Gasteiger partial charge >= 0.3 is 0 Å². The molecular weight excluding hydrogens is 284 g/mol. The molecule has 1 unspecified atom stereocenters. The van der Waals surface area contributed by atoms with Gasteiger partial charge in [0.15, 0.2) is 0 Å². The van der Waals surface area contributed by atoms with Gasteiger partial charge in [0.1, 0.15) is 11.3 Å². The summed E-state index contributed by atoms with van der Waals surface area (Å²) in [4.78, 5) is 22.9. The van der Waals surface area contributed by atoms with Crippen LogP contribution in [0.5, 0.6) is 0 Å². The Morgan fingerprint density at radius 1 is 1.36 bits per heavy atom. The molecule has 1 N–H and O–H groups in total. The number of carbonyl (C=O) groups is 1. The number of carbonyl (C=O) groups excluding carboxylic acids is 1. The minimum absolute atomic E-state index is 0.0925. The van der Waals surface area contributed by atoms with Crippen LogP contribution in [-0.2, 0) is 6.42 Å². The van der Waals surface area contributed by atoms with Crippen LogP contribution in [0.4, 0.5) is 5.69 Å². The Bertz CT molecular complexity index is 665. The van der Waals surface area contributed by atoms with Gasteiger partial charge in [-0.25, -0.2) is 0 Å². The Morgan fingerprint density at radius 2 is 2.14 bits per heavy atom. The standard InChI is InChI=1S/C16H18N2O4/c1-11-5-3-7-14(15(11)18(20)21)16(19)17-12(2)8-9-13-6-4-10-22-13/h3-7,10,12H,8-9H2,1-2H3,(H,17,19). The third-order valence-corrected chi connectivity index (χ3v) is 3.45. The number of nitro groups is 1. The predicted octanol–water partition coefficient (Wildman–Crippen LogP) is 3.25. The van der Waals surface area contributed by atoms with Crippen molar-refractivity contribution in [1.29, 1.82) is 0 Å². The molecule has 22 heavy (non-hydrogen) atoms. The average Bonchev–Trinajstić information content (AvgIpc) is 2.97. The first kappa shape index (κ1) is 15.8. The molecular formula is C16H18N2O4. The highest BCUT2D eigenvalue weighted by Gasteiger charge is 2.23. The molecule has 0 radical (unpaired) electrons. The molecule has 0 spiro atoms. The number of nitro benzene ring substituents is 1. The van der Waals surface area contributed by atoms with E-state index in [9.17, 15) is 14.9 Å². The zero-order valence-corrected chi connectivity index (χ0v) is 12.5. The number of para-hydroxylation sites is 1. The molecule has 116 valence electrons. The molecule has 1 amide bonds. The molecule has 0 fully saturated rings. The Kier molecular flexibility index (Phi) is 4.93. The lowest BCUT2D eigenvalue weighted by atomic mass is 10.1. The molecule has 1 heterocycles. The average molecular weight is 302 g/mol. The van der Waals surface area contributed by atoms with Crippen LogP contribution in [0.15, 0.2) is 41.0 Å². The van der Waals surface area contributed by atoms with E-state index in [1.165, 1.54) is 6.07 Å². The smallest absolute Gasteiger partial charge is 0.285 e. The van der Waals surface area contributed by atoms with Crippen molar-refractivity contribution in [2.75, 3.05) is 0 Å². The van der Waals surface area contributed by atoms with Crippen LogP contribution in [0, 0.1) is 17.0 Å². The molecule has 6 heteroatoms. The number of furan rings is 1. The Hall–Kier alpha value is -2.63. The van der Waals surface area contributed by atoms with Gasteiger partial charge in [-0.2, -0.15) is 0 Å². The highest BCUT2D eigenvalue weighted by molar-refractivity contribution is 5.98. The first-order valence-corrected chi connectivity index (χ1v) is 7.06. The monoisotopic (exact) mass is 302 g/mol. The third-order valence-electron chi connectivity index (χ3n) is 3.45. The zero-order chi connectivity index (χ0) is 16.1. The molecule has 6 nitrogen and oxygen atoms in total. The van der Waals surface area contributed by atoms with Crippen LogP contribution in [-0.4, -0.2) is 16.9 Å². The summed E-state index contributed by atoms with van der Waals surface area (Å²) in [5.41, 5.74) is 0.425. The second-order valence-electron chi connectivity index (χ2n) is 5.22. The maximum atomic E-state index is 12.3. The topological polar surface area (TPSA) is 85.4 Å². The van der Waals surface area contributed by atoms with Crippen LogP contribution < -0.4 is 5.32 Å². The molecule has 0 saturated heterocycles. The second kappa shape index (κ2) is 6.89. The number of rotatable bonds is 6. The van der Waals surface area contributed by atoms with Gasteiger partial charge in [0.2, 0.25) is 0 Å². The van der Waals surface area contributed by atoms with E-state index in [0.717, 1.165) is 5.76 Å². The Morgan fingerprint density at radius 3 is 2.77 bits per heavy atom. The van der Waals surface area contributed by atoms with E-state index in [1.54, 1.807) is 25.3 Å². The van der Waals surface area contributed by atoms with Gasteiger partial charge in [-0.05, 0) is 38.5 Å². The number of nitrogens with zero attached hydrogens (tertiary/aromatic N) is 1. The van der Waals surface area contributed by atoms with Gasteiger partial charge < -0.3 is 9.73 Å². The third kappa shape index (κ3) is 3.72. The molecule has 0 aliphatic rings. The zero-order valence-electron chi connectivity index (χ0n) is 12.5. The fraction of sp³-hybridized carbons (Fsp3) is 0.312. The largest absolute Gasteiger partial charge is 0.469 e. The SMILES string of the molecule is Cc1cccc(C(=O)NC(C)CCc2ccco2)c1[N+](=O)[O-]. The lowest BCUT2D eigenvalue weighted by molar-refractivity contribution is -0.385. The van der Waals surface area contributed by atoms with E-state index in [0.29, 0.717) is 18.4 Å². The number of hydrogen-bond donors (Lipinski definition) is 1. The van der Waals surface area contributed by atoms with E-state index >= 15 is 0 Å². The van der Waals surface area contributed by atoms with E-state index < -0.39 is 10.8 Å². The Balaban J connectivity index is 2.03. The molecule has 0 aliphatic heterocycles. The van der Waals surface area contributed by atoms with Crippen LogP contribution in [0.1, 0.15) is 35.0 Å². The van der Waals surface area contributed by atoms with Crippen molar-refractivity contribution < 1.29 is 14.1 Å². The summed E-state index contributed by atoms with van der Waals surface area (Å²) in [7, 11) is 0. The van der Waals surface area contributed by atoms with E-state index in [4.69, 9.17) is 4.42 Å². The number of benzene rings is 1. The van der Waals surface area contributed by atoms with Gasteiger partial charge in [-0.3, -0.25) is 14.9 Å². The summed E-state index contributed by atoms with van der Waals surface area (Å²) in [6.07, 6.45) is 3.00. The number of aryl methyl sites for hydroxylation is 2. The Labute approximate surface area is 128 Å². The van der Waals surface area contributed by atoms with Crippen molar-refractivity contribution in [3.63, 3.8) is 0 Å². The summed E-state index contributed by atoms with van der Waals surface area (Å²) >= 11 is 0. The molecule has 2 aromatic rings. The van der Waals surface area contributed by atoms with Gasteiger partial charge in [0.05, 0.1) is 11.2 Å². The van der Waals surface area contributed by atoms with E-state index in [-0.39, 0.29) is 17.3 Å². The summed E-state index contributed by atoms with van der Waals surface area (Å²) in [5.74, 6) is 0.421. The van der Waals surface area contributed by atoms with Crippen molar-refractivity contribution in [2.24, 2.45) is 0 Å². The number of hydrogen-bond acceptors (Lipinski definition) is 4. The van der Waals surface area contributed by atoms with Crippen molar-refractivity contribution in [3.8, 4) is 0 Å². The summed E-state index contributed by atoms with van der Waals surface area (Å²) in [6.45, 7) is 3.48. The molecule has 0 aliphatic carbocycles. The van der Waals surface area contributed by atoms with Crippen LogP contribution in [0.2, 0.25) is 0 Å². The van der Waals surface area contributed by atoms with E-state index in [1.807, 2.05) is 19.1 Å². The molecule has 1 aromatic carbocycles. The predicted molar refractivity (Wildman–Crippen MR) is 81.8 cm³/mol. The van der Waals surface area contributed by atoms with Crippen LogP contribution in [0.25, 0.3) is 0 Å². The maximum absolute atomic E-state index is 12.3. The number of amides is 1. The van der Waals surface area contributed by atoms with Crippen LogP contribution in [0.3, 0.4) is 0 Å². The lowest BCUT2D eigenvalue weighted by Gasteiger charge is -2.13. The molecule has 1 atom stereocenters. The molecule has 2 rings (SSSR count). The summed E-state index contributed by atoms with van der Waals surface area (Å²) < 4.78 is 5.24. The van der Waals surface area contributed by atoms with Crippen molar-refractivity contribution in [3.05, 3.63) is 63.6 Å². The molecule has 1 aromatic heterocycles. The first-order chi connectivity index (χ1) is 10.5. The molecule has 0 bridgehead atoms. The number of nitrogens with one attached hydrogen (secondary N) is 1. The normalized spacial score (nSPS) is 11.9. The van der Waals surface area contributed by atoms with Crippen molar-refractivity contribution in [2.45, 2.75) is 32.7 Å². The summed E-state index contributed by atoms with van der Waals surface area (Å²) in [5, 5.41) is 13.9. The first-order valence-electron chi connectivity index (χ1n) is 7.06. The van der Waals surface area contributed by atoms with Gasteiger partial charge in [-0.15, -0.1) is 0 Å². The summed E-state index contributed by atoms with van der Waals surface area (Å²) in [6, 6.07) is 8.31. The fourth-order valence-electron chi connectivity index (χ4n) is 2.27. The second-order valence-corrected chi connectivity index (χ2v) is 5.22. The fourth-order valence-corrected chi connectivity index (χ4v) is 2.27. The van der Waals surface area contributed by atoms with Crippen molar-refractivity contribution in [1.82, 2.24) is 5.32 Å². The molecule has 0 saturated carbocycles. The van der Waals surface area contributed by atoms with Gasteiger partial charge in [-0.1, -0.05) is 12.1 Å². The van der Waals surface area contributed by atoms with E-state index in [2.05, 4.69) is 5.32 Å². The highest BCUT2D eigenvalue weighted by atomic mass is 16.6. The maximum Gasteiger partial charge on any atom is 0.285 e. The quantitative estimate of drug-likeness (QED) is 0.655. The highest BCUT2D eigenvalue weighted by Crippen LogP contribution is 2.23. The minimum atomic E-state index is -0.516.